The minimum Gasteiger partial charge on any atom is -0.354 e. The number of piperidine rings is 1. The fourth-order valence-electron chi connectivity index (χ4n) is 5.10. The summed E-state index contributed by atoms with van der Waals surface area (Å²) in [5, 5.41) is 5.62. The molecule has 3 heterocycles. The normalized spacial score (nSPS) is 20.9. The van der Waals surface area contributed by atoms with Gasteiger partial charge in [-0.15, -0.1) is 0 Å². The third-order valence-electron chi connectivity index (χ3n) is 7.15. The van der Waals surface area contributed by atoms with E-state index in [9.17, 15) is 4.79 Å². The van der Waals surface area contributed by atoms with Gasteiger partial charge < -0.3 is 15.5 Å². The van der Waals surface area contributed by atoms with Crippen LogP contribution in [0.3, 0.4) is 0 Å². The van der Waals surface area contributed by atoms with E-state index in [-0.39, 0.29) is 6.03 Å². The summed E-state index contributed by atoms with van der Waals surface area (Å²) in [4.78, 5) is 27.2. The Balaban J connectivity index is 1.45. The minimum absolute atomic E-state index is 0.188. The zero-order valence-corrected chi connectivity index (χ0v) is 19.9. The molecule has 1 aromatic carbocycles. The predicted octanol–water partition coefficient (Wildman–Crippen LogP) is 4.43. The summed E-state index contributed by atoms with van der Waals surface area (Å²) in [6.07, 6.45) is 7.55. The number of nitrogens with zero attached hydrogens (tertiary/aromatic N) is 4. The van der Waals surface area contributed by atoms with Crippen molar-refractivity contribution >= 4 is 17.5 Å². The van der Waals surface area contributed by atoms with Crippen LogP contribution in [0.15, 0.2) is 24.3 Å². The van der Waals surface area contributed by atoms with Crippen molar-refractivity contribution < 1.29 is 4.79 Å². The smallest absolute Gasteiger partial charge is 0.319 e. The van der Waals surface area contributed by atoms with E-state index in [0.29, 0.717) is 12.6 Å². The highest BCUT2D eigenvalue weighted by Crippen LogP contribution is 2.35. The van der Waals surface area contributed by atoms with Crippen molar-refractivity contribution in [3.05, 3.63) is 35.5 Å². The summed E-state index contributed by atoms with van der Waals surface area (Å²) in [6.45, 7) is 9.15. The molecule has 1 aromatic heterocycles. The van der Waals surface area contributed by atoms with Gasteiger partial charge in [0.15, 0.2) is 5.82 Å². The predicted molar refractivity (Wildman–Crippen MR) is 133 cm³/mol. The summed E-state index contributed by atoms with van der Waals surface area (Å²) in [5.74, 6) is 2.83. The standard InChI is InChI=1S/C26H36N6O/c1-3-27-26(33)28-21-11-9-20(10-12-21)24-29-23-17-31(16-19-7-8-19)15-13-22(23)25(30-24)32-14-5-4-6-18(32)2/h9-12,18-19H,3-8,13-17H2,1-2H3,(H2,27,28,33). The summed E-state index contributed by atoms with van der Waals surface area (Å²) in [6, 6.07) is 8.20. The number of hydrogen-bond donors (Lipinski definition) is 2. The largest absolute Gasteiger partial charge is 0.354 e. The lowest BCUT2D eigenvalue weighted by Crippen LogP contribution is -2.41. The molecule has 3 aliphatic rings. The average molecular weight is 449 g/mol. The number of carbonyl (C=O) groups excluding carboxylic acids is 1. The van der Waals surface area contributed by atoms with Gasteiger partial charge in [-0.25, -0.2) is 14.8 Å². The molecule has 2 aliphatic heterocycles. The summed E-state index contributed by atoms with van der Waals surface area (Å²) >= 11 is 0. The van der Waals surface area contributed by atoms with Crippen LogP contribution >= 0.6 is 0 Å². The number of urea groups is 1. The highest BCUT2D eigenvalue weighted by atomic mass is 16.2. The van der Waals surface area contributed by atoms with Gasteiger partial charge in [-0.2, -0.15) is 0 Å². The number of nitrogens with one attached hydrogen (secondary N) is 2. The number of rotatable bonds is 6. The van der Waals surface area contributed by atoms with Gasteiger partial charge in [0.05, 0.1) is 5.69 Å². The molecular formula is C26H36N6O. The molecule has 1 saturated heterocycles. The molecule has 0 bridgehead atoms. The molecule has 2 aromatic rings. The zero-order valence-electron chi connectivity index (χ0n) is 19.9. The highest BCUT2D eigenvalue weighted by Gasteiger charge is 2.31. The molecule has 1 saturated carbocycles. The maximum absolute atomic E-state index is 11.8. The van der Waals surface area contributed by atoms with Crippen LogP contribution in [0.5, 0.6) is 0 Å². The van der Waals surface area contributed by atoms with Crippen LogP contribution < -0.4 is 15.5 Å². The van der Waals surface area contributed by atoms with Crippen LogP contribution in [-0.4, -0.2) is 53.1 Å². The van der Waals surface area contributed by atoms with E-state index in [4.69, 9.17) is 9.97 Å². The minimum atomic E-state index is -0.188. The van der Waals surface area contributed by atoms with E-state index < -0.39 is 0 Å². The Morgan fingerprint density at radius 1 is 1.09 bits per heavy atom. The maximum Gasteiger partial charge on any atom is 0.319 e. The molecule has 2 fully saturated rings. The lowest BCUT2D eigenvalue weighted by Gasteiger charge is -2.38. The number of amides is 2. The number of benzene rings is 1. The molecule has 7 nitrogen and oxygen atoms in total. The SMILES string of the molecule is CCNC(=O)Nc1ccc(-c2nc3c(c(N4CCCCC4C)n2)CCN(CC2CC2)C3)cc1. The van der Waals surface area contributed by atoms with Gasteiger partial charge in [0, 0.05) is 55.6 Å². The van der Waals surface area contributed by atoms with E-state index in [1.807, 2.05) is 31.2 Å². The zero-order chi connectivity index (χ0) is 22.8. The average Bonchev–Trinajstić information content (AvgIpc) is 3.63. The van der Waals surface area contributed by atoms with Gasteiger partial charge in [-0.05, 0) is 82.6 Å². The van der Waals surface area contributed by atoms with Crippen molar-refractivity contribution in [1.82, 2.24) is 20.2 Å². The topological polar surface area (TPSA) is 73.4 Å². The first-order chi connectivity index (χ1) is 16.1. The van der Waals surface area contributed by atoms with Crippen molar-refractivity contribution in [3.63, 3.8) is 0 Å². The molecule has 1 unspecified atom stereocenters. The molecule has 176 valence electrons. The van der Waals surface area contributed by atoms with Crippen LogP contribution in [0.2, 0.25) is 0 Å². The number of anilines is 2. The highest BCUT2D eigenvalue weighted by molar-refractivity contribution is 5.89. The first-order valence-corrected chi connectivity index (χ1v) is 12.6. The maximum atomic E-state index is 11.8. The Labute approximate surface area is 197 Å². The summed E-state index contributed by atoms with van der Waals surface area (Å²) in [7, 11) is 0. The molecule has 0 spiro atoms. The number of hydrogen-bond acceptors (Lipinski definition) is 5. The van der Waals surface area contributed by atoms with E-state index >= 15 is 0 Å². The Hall–Kier alpha value is -2.67. The third kappa shape index (κ3) is 5.13. The van der Waals surface area contributed by atoms with Gasteiger partial charge in [0.25, 0.3) is 0 Å². The van der Waals surface area contributed by atoms with Gasteiger partial charge in [-0.3, -0.25) is 4.90 Å². The molecule has 1 aliphatic carbocycles. The second kappa shape index (κ2) is 9.67. The van der Waals surface area contributed by atoms with E-state index in [0.717, 1.165) is 54.9 Å². The molecule has 7 heteroatoms. The fourth-order valence-corrected chi connectivity index (χ4v) is 5.10. The quantitative estimate of drug-likeness (QED) is 0.684. The third-order valence-corrected chi connectivity index (χ3v) is 7.15. The van der Waals surface area contributed by atoms with Crippen LogP contribution in [0.1, 0.15) is 57.2 Å². The molecule has 2 N–H and O–H groups in total. The molecule has 2 amide bonds. The Bertz CT molecular complexity index is 987. The van der Waals surface area contributed by atoms with Crippen LogP contribution in [0.4, 0.5) is 16.3 Å². The van der Waals surface area contributed by atoms with Crippen molar-refractivity contribution in [2.75, 3.05) is 36.4 Å². The van der Waals surface area contributed by atoms with Crippen LogP contribution in [0.25, 0.3) is 11.4 Å². The first-order valence-electron chi connectivity index (χ1n) is 12.6. The fraction of sp³-hybridized carbons (Fsp3) is 0.577. The Kier molecular flexibility index (Phi) is 6.49. The Morgan fingerprint density at radius 3 is 2.64 bits per heavy atom. The molecule has 0 radical (unpaired) electrons. The van der Waals surface area contributed by atoms with Gasteiger partial charge in [0.1, 0.15) is 5.82 Å². The van der Waals surface area contributed by atoms with E-state index in [1.54, 1.807) is 0 Å². The molecular weight excluding hydrogens is 412 g/mol. The number of aromatic nitrogens is 2. The Morgan fingerprint density at radius 2 is 1.91 bits per heavy atom. The van der Waals surface area contributed by atoms with Crippen molar-refractivity contribution in [1.29, 1.82) is 0 Å². The van der Waals surface area contributed by atoms with Gasteiger partial charge in [-0.1, -0.05) is 0 Å². The molecule has 33 heavy (non-hydrogen) atoms. The lowest BCUT2D eigenvalue weighted by molar-refractivity contribution is 0.240. The van der Waals surface area contributed by atoms with Crippen LogP contribution in [0, 0.1) is 5.92 Å². The van der Waals surface area contributed by atoms with Gasteiger partial charge >= 0.3 is 6.03 Å². The van der Waals surface area contributed by atoms with Gasteiger partial charge in [0.2, 0.25) is 0 Å². The lowest BCUT2D eigenvalue weighted by atomic mass is 9.99. The van der Waals surface area contributed by atoms with Crippen molar-refractivity contribution in [2.24, 2.45) is 5.92 Å². The van der Waals surface area contributed by atoms with Crippen LogP contribution in [-0.2, 0) is 13.0 Å². The second-order valence-corrected chi connectivity index (χ2v) is 9.82. The first kappa shape index (κ1) is 22.1. The second-order valence-electron chi connectivity index (χ2n) is 9.82. The number of carbonyl (C=O) groups is 1. The monoisotopic (exact) mass is 448 g/mol. The van der Waals surface area contributed by atoms with Crippen molar-refractivity contribution in [3.8, 4) is 11.4 Å². The van der Waals surface area contributed by atoms with E-state index in [1.165, 1.54) is 49.9 Å². The molecule has 5 rings (SSSR count). The summed E-state index contributed by atoms with van der Waals surface area (Å²) in [5.41, 5.74) is 4.31. The summed E-state index contributed by atoms with van der Waals surface area (Å²) < 4.78 is 0. The van der Waals surface area contributed by atoms with Crippen molar-refractivity contribution in [2.45, 2.75) is 65.0 Å². The van der Waals surface area contributed by atoms with E-state index in [2.05, 4.69) is 27.4 Å². The molecule has 1 atom stereocenters. The number of fused-ring (bicyclic) bond motifs is 1.